The van der Waals surface area contributed by atoms with Crippen molar-refractivity contribution in [3.63, 3.8) is 0 Å². The SMILES string of the molecule is COCc1cc(Br)cc(CNO)c1F. The van der Waals surface area contributed by atoms with Crippen molar-refractivity contribution in [2.45, 2.75) is 13.2 Å². The standard InChI is InChI=1S/C9H11BrFNO2/c1-14-5-7-3-8(10)2-6(4-12-13)9(7)11/h2-3,12-13H,4-5H2,1H3. The normalized spacial score (nSPS) is 10.6. The van der Waals surface area contributed by atoms with Crippen LogP contribution in [0, 0.1) is 5.82 Å². The lowest BCUT2D eigenvalue weighted by molar-refractivity contribution is 0.158. The third kappa shape index (κ3) is 2.75. The summed E-state index contributed by atoms with van der Waals surface area (Å²) >= 11 is 3.26. The second-order valence-corrected chi connectivity index (χ2v) is 3.72. The predicted molar refractivity (Wildman–Crippen MR) is 53.4 cm³/mol. The average molecular weight is 264 g/mol. The summed E-state index contributed by atoms with van der Waals surface area (Å²) in [6.45, 7) is 0.283. The first kappa shape index (κ1) is 11.6. The Hall–Kier alpha value is -0.490. The lowest BCUT2D eigenvalue weighted by Gasteiger charge is -2.08. The molecule has 0 spiro atoms. The van der Waals surface area contributed by atoms with E-state index in [-0.39, 0.29) is 19.0 Å². The summed E-state index contributed by atoms with van der Waals surface area (Å²) in [5, 5.41) is 8.49. The van der Waals surface area contributed by atoms with Crippen molar-refractivity contribution in [1.82, 2.24) is 5.48 Å². The zero-order chi connectivity index (χ0) is 10.6. The number of hydrogen-bond acceptors (Lipinski definition) is 3. The van der Waals surface area contributed by atoms with Gasteiger partial charge in [0.1, 0.15) is 5.82 Å². The monoisotopic (exact) mass is 263 g/mol. The molecule has 0 heterocycles. The molecule has 78 valence electrons. The number of hydrogen-bond donors (Lipinski definition) is 2. The molecule has 2 N–H and O–H groups in total. The van der Waals surface area contributed by atoms with Gasteiger partial charge in [-0.05, 0) is 12.1 Å². The molecule has 0 bridgehead atoms. The van der Waals surface area contributed by atoms with Crippen LogP contribution in [0.15, 0.2) is 16.6 Å². The molecule has 1 rings (SSSR count). The number of rotatable bonds is 4. The van der Waals surface area contributed by atoms with Gasteiger partial charge in [0.05, 0.1) is 6.61 Å². The molecule has 0 saturated heterocycles. The highest BCUT2D eigenvalue weighted by molar-refractivity contribution is 9.10. The molecule has 1 aromatic rings. The number of methoxy groups -OCH3 is 1. The molecule has 5 heteroatoms. The summed E-state index contributed by atoms with van der Waals surface area (Å²) in [6.07, 6.45) is 0. The van der Waals surface area contributed by atoms with Crippen LogP contribution >= 0.6 is 15.9 Å². The fourth-order valence-corrected chi connectivity index (χ4v) is 1.73. The Labute approximate surface area is 90.0 Å². The van der Waals surface area contributed by atoms with Crippen LogP contribution in [0.1, 0.15) is 11.1 Å². The Morgan fingerprint density at radius 3 is 2.71 bits per heavy atom. The number of ether oxygens (including phenoxy) is 1. The largest absolute Gasteiger partial charge is 0.380 e. The van der Waals surface area contributed by atoms with Gasteiger partial charge in [-0.15, -0.1) is 0 Å². The Morgan fingerprint density at radius 2 is 2.14 bits per heavy atom. The molecule has 0 saturated carbocycles. The fraction of sp³-hybridized carbons (Fsp3) is 0.333. The van der Waals surface area contributed by atoms with E-state index in [1.165, 1.54) is 7.11 Å². The van der Waals surface area contributed by atoms with Gasteiger partial charge in [0, 0.05) is 29.3 Å². The van der Waals surface area contributed by atoms with Crippen LogP contribution in [-0.4, -0.2) is 12.3 Å². The Kier molecular flexibility index (Phi) is 4.47. The maximum Gasteiger partial charge on any atom is 0.133 e. The molecule has 0 amide bonds. The predicted octanol–water partition coefficient (Wildman–Crippen LogP) is 2.21. The van der Waals surface area contributed by atoms with Crippen molar-refractivity contribution in [1.29, 1.82) is 0 Å². The summed E-state index contributed by atoms with van der Waals surface area (Å²) in [7, 11) is 1.50. The van der Waals surface area contributed by atoms with Gasteiger partial charge < -0.3 is 9.94 Å². The van der Waals surface area contributed by atoms with Crippen molar-refractivity contribution in [2.75, 3.05) is 7.11 Å². The van der Waals surface area contributed by atoms with E-state index in [4.69, 9.17) is 9.94 Å². The topological polar surface area (TPSA) is 41.5 Å². The molecule has 0 fully saturated rings. The summed E-state index contributed by atoms with van der Waals surface area (Å²) in [5.41, 5.74) is 2.78. The molecule has 0 atom stereocenters. The molecule has 0 aromatic heterocycles. The minimum absolute atomic E-state index is 0.0714. The van der Waals surface area contributed by atoms with Gasteiger partial charge in [0.2, 0.25) is 0 Å². The first-order valence-corrected chi connectivity index (χ1v) is 4.81. The molecule has 0 aliphatic heterocycles. The van der Waals surface area contributed by atoms with E-state index in [9.17, 15) is 4.39 Å². The third-order valence-electron chi connectivity index (χ3n) is 1.76. The van der Waals surface area contributed by atoms with Gasteiger partial charge in [0.25, 0.3) is 0 Å². The highest BCUT2D eigenvalue weighted by Gasteiger charge is 2.09. The Bertz CT molecular complexity index is 293. The van der Waals surface area contributed by atoms with Crippen molar-refractivity contribution < 1.29 is 14.3 Å². The summed E-state index contributed by atoms with van der Waals surface area (Å²) < 4.78 is 19.2. The summed E-state index contributed by atoms with van der Waals surface area (Å²) in [4.78, 5) is 0. The summed E-state index contributed by atoms with van der Waals surface area (Å²) in [5.74, 6) is -0.350. The van der Waals surface area contributed by atoms with E-state index in [1.807, 2.05) is 5.48 Å². The molecular weight excluding hydrogens is 253 g/mol. The number of nitrogens with one attached hydrogen (secondary N) is 1. The quantitative estimate of drug-likeness (QED) is 0.819. The second kappa shape index (κ2) is 5.41. The molecule has 0 aliphatic rings. The zero-order valence-electron chi connectivity index (χ0n) is 7.68. The minimum atomic E-state index is -0.350. The van der Waals surface area contributed by atoms with Crippen molar-refractivity contribution in [2.24, 2.45) is 0 Å². The van der Waals surface area contributed by atoms with E-state index in [0.29, 0.717) is 11.1 Å². The van der Waals surface area contributed by atoms with Crippen LogP contribution in [0.5, 0.6) is 0 Å². The van der Waals surface area contributed by atoms with Crippen molar-refractivity contribution in [3.05, 3.63) is 33.5 Å². The van der Waals surface area contributed by atoms with E-state index >= 15 is 0 Å². The van der Waals surface area contributed by atoms with E-state index < -0.39 is 0 Å². The van der Waals surface area contributed by atoms with Gasteiger partial charge in [0.15, 0.2) is 0 Å². The lowest BCUT2D eigenvalue weighted by Crippen LogP contribution is -2.09. The maximum atomic E-state index is 13.6. The van der Waals surface area contributed by atoms with Gasteiger partial charge in [-0.3, -0.25) is 0 Å². The number of benzene rings is 1. The highest BCUT2D eigenvalue weighted by atomic mass is 79.9. The van der Waals surface area contributed by atoms with Crippen LogP contribution < -0.4 is 5.48 Å². The average Bonchev–Trinajstić information content (AvgIpc) is 2.14. The van der Waals surface area contributed by atoms with E-state index in [2.05, 4.69) is 15.9 Å². The van der Waals surface area contributed by atoms with Gasteiger partial charge in [-0.25, -0.2) is 9.87 Å². The lowest BCUT2D eigenvalue weighted by atomic mass is 10.1. The number of halogens is 2. The van der Waals surface area contributed by atoms with E-state index in [0.717, 1.165) is 4.47 Å². The van der Waals surface area contributed by atoms with Crippen molar-refractivity contribution in [3.8, 4) is 0 Å². The highest BCUT2D eigenvalue weighted by Crippen LogP contribution is 2.20. The first-order valence-electron chi connectivity index (χ1n) is 4.01. The van der Waals surface area contributed by atoms with Crippen LogP contribution in [0.4, 0.5) is 4.39 Å². The van der Waals surface area contributed by atoms with Gasteiger partial charge in [-0.1, -0.05) is 15.9 Å². The van der Waals surface area contributed by atoms with Gasteiger partial charge >= 0.3 is 0 Å². The van der Waals surface area contributed by atoms with Crippen LogP contribution in [0.25, 0.3) is 0 Å². The Morgan fingerprint density at radius 1 is 1.50 bits per heavy atom. The van der Waals surface area contributed by atoms with Crippen LogP contribution in [0.3, 0.4) is 0 Å². The first-order chi connectivity index (χ1) is 6.69. The van der Waals surface area contributed by atoms with Crippen LogP contribution in [0.2, 0.25) is 0 Å². The third-order valence-corrected chi connectivity index (χ3v) is 2.22. The molecule has 3 nitrogen and oxygen atoms in total. The minimum Gasteiger partial charge on any atom is -0.380 e. The molecule has 0 unspecified atom stereocenters. The number of hydroxylamine groups is 1. The smallest absolute Gasteiger partial charge is 0.133 e. The zero-order valence-corrected chi connectivity index (χ0v) is 9.27. The van der Waals surface area contributed by atoms with Crippen LogP contribution in [-0.2, 0) is 17.9 Å². The fourth-order valence-electron chi connectivity index (χ4n) is 1.18. The maximum absolute atomic E-state index is 13.6. The van der Waals surface area contributed by atoms with Crippen molar-refractivity contribution >= 4 is 15.9 Å². The summed E-state index contributed by atoms with van der Waals surface area (Å²) in [6, 6.07) is 3.26. The molecule has 0 aliphatic carbocycles. The van der Waals surface area contributed by atoms with E-state index in [1.54, 1.807) is 12.1 Å². The molecular formula is C9H11BrFNO2. The molecule has 14 heavy (non-hydrogen) atoms. The van der Waals surface area contributed by atoms with Gasteiger partial charge in [-0.2, -0.15) is 0 Å². The molecule has 0 radical (unpaired) electrons. The molecule has 1 aromatic carbocycles. The second-order valence-electron chi connectivity index (χ2n) is 2.81. The Balaban J connectivity index is 3.04.